The van der Waals surface area contributed by atoms with Crippen molar-refractivity contribution in [3.05, 3.63) is 54.2 Å². The predicted octanol–water partition coefficient (Wildman–Crippen LogP) is 2.96. The number of hydrogen-bond donors (Lipinski definition) is 1. The molecule has 0 saturated heterocycles. The number of aromatic nitrogens is 1. The zero-order valence-electron chi connectivity index (χ0n) is 10.1. The molecule has 90 valence electrons. The molecular formula is C14H18N2O. The molecule has 1 atom stereocenters. The van der Waals surface area contributed by atoms with E-state index in [1.807, 2.05) is 24.4 Å². The lowest BCUT2D eigenvalue weighted by Gasteiger charge is -2.17. The number of hydrogen-bond acceptors (Lipinski definition) is 3. The van der Waals surface area contributed by atoms with Gasteiger partial charge in [0.05, 0.1) is 24.3 Å². The quantitative estimate of drug-likeness (QED) is 0.829. The van der Waals surface area contributed by atoms with Gasteiger partial charge in [-0.05, 0) is 43.1 Å². The van der Waals surface area contributed by atoms with E-state index in [-0.39, 0.29) is 6.04 Å². The van der Waals surface area contributed by atoms with E-state index in [1.165, 1.54) is 5.56 Å². The van der Waals surface area contributed by atoms with Gasteiger partial charge in [-0.15, -0.1) is 0 Å². The van der Waals surface area contributed by atoms with Gasteiger partial charge >= 0.3 is 0 Å². The van der Waals surface area contributed by atoms with Crippen LogP contribution in [0.15, 0.2) is 47.4 Å². The average molecular weight is 230 g/mol. The van der Waals surface area contributed by atoms with Gasteiger partial charge in [0, 0.05) is 6.20 Å². The standard InChI is InChI=1S/C14H18N2O/c1-2-7-15-14(10-12-6-9-17-11-12)13-5-3-4-8-16-13/h3-6,8-9,11,14-15H,2,7,10H2,1H3. The third-order valence-electron chi connectivity index (χ3n) is 2.71. The Balaban J connectivity index is 2.08. The fourth-order valence-corrected chi connectivity index (χ4v) is 1.83. The molecule has 2 heterocycles. The second-order valence-corrected chi connectivity index (χ2v) is 4.10. The average Bonchev–Trinajstić information content (AvgIpc) is 2.88. The monoisotopic (exact) mass is 230 g/mol. The highest BCUT2D eigenvalue weighted by Gasteiger charge is 2.12. The van der Waals surface area contributed by atoms with Gasteiger partial charge in [0.1, 0.15) is 0 Å². The number of nitrogens with zero attached hydrogens (tertiary/aromatic N) is 1. The molecule has 3 nitrogen and oxygen atoms in total. The second kappa shape index (κ2) is 6.21. The van der Waals surface area contributed by atoms with E-state index < -0.39 is 0 Å². The maximum absolute atomic E-state index is 5.11. The highest BCUT2D eigenvalue weighted by molar-refractivity contribution is 5.15. The molecule has 0 aliphatic rings. The maximum Gasteiger partial charge on any atom is 0.0935 e. The highest BCUT2D eigenvalue weighted by Crippen LogP contribution is 2.16. The molecule has 3 heteroatoms. The first-order chi connectivity index (χ1) is 8.40. The minimum absolute atomic E-state index is 0.258. The molecule has 0 saturated carbocycles. The van der Waals surface area contributed by atoms with Crippen molar-refractivity contribution in [3.63, 3.8) is 0 Å². The number of pyridine rings is 1. The molecule has 1 N–H and O–H groups in total. The van der Waals surface area contributed by atoms with Crippen LogP contribution in [0.5, 0.6) is 0 Å². The topological polar surface area (TPSA) is 38.1 Å². The second-order valence-electron chi connectivity index (χ2n) is 4.10. The Morgan fingerprint density at radius 2 is 2.29 bits per heavy atom. The fourth-order valence-electron chi connectivity index (χ4n) is 1.83. The molecule has 0 bridgehead atoms. The molecule has 0 radical (unpaired) electrons. The number of nitrogens with one attached hydrogen (secondary N) is 1. The van der Waals surface area contributed by atoms with Gasteiger partial charge < -0.3 is 9.73 Å². The first-order valence-corrected chi connectivity index (χ1v) is 6.05. The summed E-state index contributed by atoms with van der Waals surface area (Å²) in [7, 11) is 0. The Bertz CT molecular complexity index is 411. The molecule has 0 aliphatic heterocycles. The zero-order valence-corrected chi connectivity index (χ0v) is 10.1. The van der Waals surface area contributed by atoms with Gasteiger partial charge in [0.15, 0.2) is 0 Å². The van der Waals surface area contributed by atoms with Crippen LogP contribution in [0.3, 0.4) is 0 Å². The summed E-state index contributed by atoms with van der Waals surface area (Å²) in [5.41, 5.74) is 2.28. The van der Waals surface area contributed by atoms with Crippen molar-refractivity contribution in [2.75, 3.05) is 6.54 Å². The Kier molecular flexibility index (Phi) is 4.33. The summed E-state index contributed by atoms with van der Waals surface area (Å²) in [6.07, 6.45) is 7.38. The van der Waals surface area contributed by atoms with Crippen molar-refractivity contribution in [1.82, 2.24) is 10.3 Å². The van der Waals surface area contributed by atoms with E-state index >= 15 is 0 Å². The lowest BCUT2D eigenvalue weighted by atomic mass is 10.1. The van der Waals surface area contributed by atoms with Crippen molar-refractivity contribution in [2.45, 2.75) is 25.8 Å². The fraction of sp³-hybridized carbons (Fsp3) is 0.357. The van der Waals surface area contributed by atoms with Crippen LogP contribution in [0, 0.1) is 0 Å². The van der Waals surface area contributed by atoms with E-state index in [4.69, 9.17) is 4.42 Å². The molecule has 1 unspecified atom stereocenters. The molecule has 0 aliphatic carbocycles. The van der Waals surface area contributed by atoms with Gasteiger partial charge in [0.25, 0.3) is 0 Å². The first-order valence-electron chi connectivity index (χ1n) is 6.05. The van der Waals surface area contributed by atoms with Crippen molar-refractivity contribution < 1.29 is 4.42 Å². The van der Waals surface area contributed by atoms with Gasteiger partial charge in [-0.1, -0.05) is 13.0 Å². The lowest BCUT2D eigenvalue weighted by Crippen LogP contribution is -2.24. The van der Waals surface area contributed by atoms with Crippen molar-refractivity contribution in [1.29, 1.82) is 0 Å². The van der Waals surface area contributed by atoms with Crippen LogP contribution in [0.4, 0.5) is 0 Å². The van der Waals surface area contributed by atoms with E-state index in [0.717, 1.165) is 25.1 Å². The molecule has 2 aromatic heterocycles. The molecule has 17 heavy (non-hydrogen) atoms. The molecule has 0 aromatic carbocycles. The summed E-state index contributed by atoms with van der Waals surface area (Å²) >= 11 is 0. The number of rotatable bonds is 6. The summed E-state index contributed by atoms with van der Waals surface area (Å²) in [6.45, 7) is 3.17. The van der Waals surface area contributed by atoms with Crippen LogP contribution in [0.2, 0.25) is 0 Å². The van der Waals surface area contributed by atoms with Gasteiger partial charge in [0.2, 0.25) is 0 Å². The molecule has 0 fully saturated rings. The van der Waals surface area contributed by atoms with E-state index in [2.05, 4.69) is 23.3 Å². The largest absolute Gasteiger partial charge is 0.472 e. The van der Waals surface area contributed by atoms with Crippen molar-refractivity contribution in [3.8, 4) is 0 Å². The highest BCUT2D eigenvalue weighted by atomic mass is 16.3. The smallest absolute Gasteiger partial charge is 0.0935 e. The SMILES string of the molecule is CCCNC(Cc1ccoc1)c1ccccn1. The van der Waals surface area contributed by atoms with E-state index in [0.29, 0.717) is 0 Å². The predicted molar refractivity (Wildman–Crippen MR) is 67.7 cm³/mol. The van der Waals surface area contributed by atoms with Crippen LogP contribution in [0.25, 0.3) is 0 Å². The Hall–Kier alpha value is -1.61. The summed E-state index contributed by atoms with van der Waals surface area (Å²) < 4.78 is 5.11. The summed E-state index contributed by atoms with van der Waals surface area (Å²) in [5, 5.41) is 3.52. The van der Waals surface area contributed by atoms with E-state index in [1.54, 1.807) is 12.5 Å². The maximum atomic E-state index is 5.11. The third kappa shape index (κ3) is 3.43. The summed E-state index contributed by atoms with van der Waals surface area (Å²) in [4.78, 5) is 4.42. The lowest BCUT2D eigenvalue weighted by molar-refractivity contribution is 0.511. The van der Waals surface area contributed by atoms with Gasteiger partial charge in [-0.25, -0.2) is 0 Å². The summed E-state index contributed by atoms with van der Waals surface area (Å²) in [6, 6.07) is 8.29. The van der Waals surface area contributed by atoms with Crippen molar-refractivity contribution >= 4 is 0 Å². The van der Waals surface area contributed by atoms with Crippen LogP contribution in [-0.4, -0.2) is 11.5 Å². The molecule has 2 rings (SSSR count). The van der Waals surface area contributed by atoms with Crippen LogP contribution >= 0.6 is 0 Å². The normalized spacial score (nSPS) is 12.5. The summed E-state index contributed by atoms with van der Waals surface area (Å²) in [5.74, 6) is 0. The molecule has 2 aromatic rings. The van der Waals surface area contributed by atoms with Crippen LogP contribution in [0.1, 0.15) is 30.6 Å². The Labute approximate surface area is 102 Å². The third-order valence-corrected chi connectivity index (χ3v) is 2.71. The molecule has 0 spiro atoms. The Morgan fingerprint density at radius 1 is 1.35 bits per heavy atom. The van der Waals surface area contributed by atoms with Crippen LogP contribution in [-0.2, 0) is 6.42 Å². The first kappa shape index (κ1) is 11.9. The van der Waals surface area contributed by atoms with Crippen molar-refractivity contribution in [2.24, 2.45) is 0 Å². The molecular weight excluding hydrogens is 212 g/mol. The number of furan rings is 1. The van der Waals surface area contributed by atoms with E-state index in [9.17, 15) is 0 Å². The minimum Gasteiger partial charge on any atom is -0.472 e. The van der Waals surface area contributed by atoms with Gasteiger partial charge in [-0.3, -0.25) is 4.98 Å². The van der Waals surface area contributed by atoms with Crippen LogP contribution < -0.4 is 5.32 Å². The van der Waals surface area contributed by atoms with Gasteiger partial charge in [-0.2, -0.15) is 0 Å². The minimum atomic E-state index is 0.258. The molecule has 0 amide bonds. The Morgan fingerprint density at radius 3 is 2.94 bits per heavy atom. The zero-order chi connectivity index (χ0) is 11.9.